The molecule has 1 aliphatic rings. The van der Waals surface area contributed by atoms with E-state index in [-0.39, 0.29) is 17.9 Å². The maximum Gasteiger partial charge on any atom is 0.238 e. The monoisotopic (exact) mass is 365 g/mol. The summed E-state index contributed by atoms with van der Waals surface area (Å²) in [6.45, 7) is 9.36. The highest BCUT2D eigenvalue weighted by Crippen LogP contribution is 2.26. The largest absolute Gasteiger partial charge is 0.490 e. The van der Waals surface area contributed by atoms with E-state index in [1.165, 1.54) is 0 Å². The minimum Gasteiger partial charge on any atom is -0.490 e. The van der Waals surface area contributed by atoms with Gasteiger partial charge in [0.25, 0.3) is 0 Å². The molecule has 2 atom stereocenters. The topological polar surface area (TPSA) is 86.1 Å². The third-order valence-corrected chi connectivity index (χ3v) is 4.29. The van der Waals surface area contributed by atoms with Crippen LogP contribution in [0.5, 0.6) is 11.5 Å². The van der Waals surface area contributed by atoms with Crippen LogP contribution in [0.2, 0.25) is 0 Å². The summed E-state index contributed by atoms with van der Waals surface area (Å²) in [5.74, 6) is 1.44. The van der Waals surface area contributed by atoms with Crippen LogP contribution in [0.25, 0.3) is 0 Å². The molecule has 26 heavy (non-hydrogen) atoms. The van der Waals surface area contributed by atoms with Gasteiger partial charge in [-0.15, -0.1) is 0 Å². The average Bonchev–Trinajstić information content (AvgIpc) is 2.65. The molecule has 1 saturated heterocycles. The summed E-state index contributed by atoms with van der Waals surface area (Å²) in [5.41, 5.74) is 5.87. The third-order valence-electron chi connectivity index (χ3n) is 4.29. The summed E-state index contributed by atoms with van der Waals surface area (Å²) in [7, 11) is 0. The first kappa shape index (κ1) is 20.5. The molecule has 2 rings (SSSR count). The molecule has 1 amide bonds. The van der Waals surface area contributed by atoms with Gasteiger partial charge in [-0.1, -0.05) is 26.0 Å². The Bertz CT molecular complexity index is 567. The number of ether oxygens (including phenoxy) is 3. The molecule has 0 radical (unpaired) electrons. The molecule has 1 aromatic rings. The molecular weight excluding hydrogens is 334 g/mol. The summed E-state index contributed by atoms with van der Waals surface area (Å²) < 4.78 is 17.2. The van der Waals surface area contributed by atoms with Crippen LogP contribution in [0, 0.1) is 5.92 Å². The first-order chi connectivity index (χ1) is 12.5. The highest BCUT2D eigenvalue weighted by molar-refractivity contribution is 5.81. The summed E-state index contributed by atoms with van der Waals surface area (Å²) >= 11 is 0. The number of hydrogen-bond donors (Lipinski definition) is 2. The Morgan fingerprint density at radius 2 is 2.04 bits per heavy atom. The van der Waals surface area contributed by atoms with E-state index < -0.39 is 6.04 Å². The fourth-order valence-electron chi connectivity index (χ4n) is 2.66. The number of nitrogens with zero attached hydrogens (tertiary/aromatic N) is 1. The van der Waals surface area contributed by atoms with Crippen molar-refractivity contribution in [3.05, 3.63) is 24.3 Å². The zero-order valence-electron chi connectivity index (χ0n) is 15.9. The molecule has 7 heteroatoms. The molecule has 3 N–H and O–H groups in total. The van der Waals surface area contributed by atoms with E-state index in [1.54, 1.807) is 0 Å². The molecule has 0 aromatic heterocycles. The Hall–Kier alpha value is -1.83. The number of amides is 1. The van der Waals surface area contributed by atoms with Crippen molar-refractivity contribution in [3.63, 3.8) is 0 Å². The first-order valence-corrected chi connectivity index (χ1v) is 9.23. The summed E-state index contributed by atoms with van der Waals surface area (Å²) in [6.07, 6.45) is -0.0610. The van der Waals surface area contributed by atoms with Crippen LogP contribution < -0.4 is 20.5 Å². The minimum atomic E-state index is -0.481. The summed E-state index contributed by atoms with van der Waals surface area (Å²) in [6, 6.07) is 7.13. The smallest absolute Gasteiger partial charge is 0.238 e. The minimum absolute atomic E-state index is 0.0610. The van der Waals surface area contributed by atoms with E-state index in [2.05, 4.69) is 10.2 Å². The van der Waals surface area contributed by atoms with Gasteiger partial charge in [-0.2, -0.15) is 0 Å². The lowest BCUT2D eigenvalue weighted by atomic mass is 10.1. The van der Waals surface area contributed by atoms with Crippen LogP contribution >= 0.6 is 0 Å². The zero-order valence-corrected chi connectivity index (χ0v) is 15.9. The fraction of sp³-hybridized carbons (Fsp3) is 0.632. The van der Waals surface area contributed by atoms with Gasteiger partial charge in [0.05, 0.1) is 25.9 Å². The van der Waals surface area contributed by atoms with Gasteiger partial charge in [-0.05, 0) is 25.0 Å². The molecule has 7 nitrogen and oxygen atoms in total. The molecule has 0 bridgehead atoms. The Kier molecular flexibility index (Phi) is 8.15. The normalized spacial score (nSPS) is 19.2. The molecule has 1 aromatic carbocycles. The number of para-hydroxylation sites is 2. The second kappa shape index (κ2) is 10.4. The predicted octanol–water partition coefficient (Wildman–Crippen LogP) is 1.22. The lowest BCUT2D eigenvalue weighted by Crippen LogP contribution is -2.52. The highest BCUT2D eigenvalue weighted by Gasteiger charge is 2.23. The van der Waals surface area contributed by atoms with Gasteiger partial charge >= 0.3 is 0 Å². The number of nitrogens with one attached hydrogen (secondary N) is 1. The van der Waals surface area contributed by atoms with Crippen LogP contribution in [0.3, 0.4) is 0 Å². The van der Waals surface area contributed by atoms with Gasteiger partial charge in [0.1, 0.15) is 12.7 Å². The van der Waals surface area contributed by atoms with Crippen LogP contribution in [0.4, 0.5) is 0 Å². The van der Waals surface area contributed by atoms with Crippen molar-refractivity contribution >= 4 is 5.91 Å². The van der Waals surface area contributed by atoms with Gasteiger partial charge in [0.15, 0.2) is 11.5 Å². The zero-order chi connectivity index (χ0) is 18.9. The van der Waals surface area contributed by atoms with Gasteiger partial charge in [0, 0.05) is 13.1 Å². The SMILES string of the molecule is CCOc1ccccc1OCC1CN(CNC(=O)C(N)C(C)C)CCO1. The predicted molar refractivity (Wildman–Crippen MR) is 100 cm³/mol. The van der Waals surface area contributed by atoms with Crippen molar-refractivity contribution in [1.82, 2.24) is 10.2 Å². The van der Waals surface area contributed by atoms with Crippen LogP contribution in [0.15, 0.2) is 24.3 Å². The number of carbonyl (C=O) groups excluding carboxylic acids is 1. The van der Waals surface area contributed by atoms with Crippen molar-refractivity contribution in [2.24, 2.45) is 11.7 Å². The van der Waals surface area contributed by atoms with Gasteiger partial charge in [-0.25, -0.2) is 0 Å². The summed E-state index contributed by atoms with van der Waals surface area (Å²) in [5, 5.41) is 2.90. The number of morpholine rings is 1. The average molecular weight is 365 g/mol. The van der Waals surface area contributed by atoms with E-state index in [4.69, 9.17) is 19.9 Å². The number of nitrogens with two attached hydrogens (primary N) is 1. The van der Waals surface area contributed by atoms with Crippen LogP contribution in [-0.2, 0) is 9.53 Å². The number of carbonyl (C=O) groups is 1. The molecule has 0 saturated carbocycles. The second-order valence-electron chi connectivity index (χ2n) is 6.73. The number of rotatable bonds is 9. The summed E-state index contributed by atoms with van der Waals surface area (Å²) in [4.78, 5) is 14.1. The van der Waals surface area contributed by atoms with Crippen molar-refractivity contribution in [2.75, 3.05) is 39.6 Å². The van der Waals surface area contributed by atoms with E-state index in [0.29, 0.717) is 38.8 Å². The van der Waals surface area contributed by atoms with E-state index in [0.717, 1.165) is 12.3 Å². The van der Waals surface area contributed by atoms with Crippen molar-refractivity contribution < 1.29 is 19.0 Å². The maximum absolute atomic E-state index is 12.0. The van der Waals surface area contributed by atoms with Crippen LogP contribution in [-0.4, -0.2) is 62.5 Å². The van der Waals surface area contributed by atoms with Gasteiger partial charge in [0.2, 0.25) is 5.91 Å². The Morgan fingerprint density at radius 3 is 2.69 bits per heavy atom. The van der Waals surface area contributed by atoms with E-state index in [1.807, 2.05) is 45.0 Å². The molecule has 146 valence electrons. The Morgan fingerprint density at radius 1 is 1.35 bits per heavy atom. The highest BCUT2D eigenvalue weighted by atomic mass is 16.5. The Balaban J connectivity index is 1.79. The van der Waals surface area contributed by atoms with Crippen molar-refractivity contribution in [3.8, 4) is 11.5 Å². The molecular formula is C19H31N3O4. The van der Waals surface area contributed by atoms with E-state index >= 15 is 0 Å². The van der Waals surface area contributed by atoms with Gasteiger partial charge < -0.3 is 25.3 Å². The van der Waals surface area contributed by atoms with Crippen molar-refractivity contribution in [1.29, 1.82) is 0 Å². The first-order valence-electron chi connectivity index (χ1n) is 9.23. The van der Waals surface area contributed by atoms with Crippen molar-refractivity contribution in [2.45, 2.75) is 32.9 Å². The number of benzene rings is 1. The molecule has 0 spiro atoms. The molecule has 1 fully saturated rings. The van der Waals surface area contributed by atoms with Gasteiger partial charge in [-0.3, -0.25) is 9.69 Å². The Labute approximate surface area is 155 Å². The molecule has 0 aliphatic carbocycles. The lowest BCUT2D eigenvalue weighted by Gasteiger charge is -2.33. The quantitative estimate of drug-likeness (QED) is 0.684. The van der Waals surface area contributed by atoms with E-state index in [9.17, 15) is 4.79 Å². The molecule has 1 heterocycles. The molecule has 1 aliphatic heterocycles. The lowest BCUT2D eigenvalue weighted by molar-refractivity contribution is -0.124. The second-order valence-corrected chi connectivity index (χ2v) is 6.73. The molecule has 2 unspecified atom stereocenters. The standard InChI is InChI=1S/C19H31N3O4/c1-4-24-16-7-5-6-8-17(16)26-12-15-11-22(9-10-25-15)13-21-19(23)18(20)14(2)3/h5-8,14-15,18H,4,9-13,20H2,1-3H3,(H,21,23). The number of hydrogen-bond acceptors (Lipinski definition) is 6. The third kappa shape index (κ3) is 6.16. The fourth-order valence-corrected chi connectivity index (χ4v) is 2.66. The van der Waals surface area contributed by atoms with Crippen LogP contribution in [0.1, 0.15) is 20.8 Å². The maximum atomic E-state index is 12.0.